The molecule has 7 heteroatoms. The summed E-state index contributed by atoms with van der Waals surface area (Å²) in [6, 6.07) is 0. The normalized spacial score (nSPS) is 19.2. The van der Waals surface area contributed by atoms with Crippen LogP contribution in [0.25, 0.3) is 11.6 Å². The maximum atomic E-state index is 5.53. The third-order valence-electron chi connectivity index (χ3n) is 2.61. The lowest BCUT2D eigenvalue weighted by Crippen LogP contribution is -2.07. The van der Waals surface area contributed by atoms with E-state index in [0.29, 0.717) is 22.9 Å². The molecule has 1 unspecified atom stereocenters. The van der Waals surface area contributed by atoms with Crippen LogP contribution in [-0.2, 0) is 4.74 Å². The lowest BCUT2D eigenvalue weighted by Gasteiger charge is -2.05. The van der Waals surface area contributed by atoms with Gasteiger partial charge in [0.05, 0.1) is 12.3 Å². The van der Waals surface area contributed by atoms with Gasteiger partial charge in [0.25, 0.3) is 11.1 Å². The van der Waals surface area contributed by atoms with E-state index in [1.807, 2.05) is 0 Å². The molecule has 0 aromatic carbocycles. The second-order valence-corrected chi connectivity index (χ2v) is 4.88. The molecule has 1 aliphatic heterocycles. The standard InChI is InChI=1S/C11H12N4O2S/c1-2-8(16-5-1)7-18-11-15-14-10(17-11)9-6-12-3-4-13-9/h3-4,6,8H,1-2,5,7H2. The van der Waals surface area contributed by atoms with Crippen LogP contribution >= 0.6 is 11.8 Å². The zero-order chi connectivity index (χ0) is 12.2. The first-order chi connectivity index (χ1) is 8.92. The van der Waals surface area contributed by atoms with Crippen molar-refractivity contribution in [3.63, 3.8) is 0 Å². The number of hydrogen-bond donors (Lipinski definition) is 0. The Morgan fingerprint density at radius 2 is 2.33 bits per heavy atom. The molecule has 1 aliphatic rings. The summed E-state index contributed by atoms with van der Waals surface area (Å²) in [6.45, 7) is 0.861. The Labute approximate surface area is 108 Å². The van der Waals surface area contributed by atoms with Crippen LogP contribution in [0.3, 0.4) is 0 Å². The van der Waals surface area contributed by atoms with Crippen molar-refractivity contribution in [3.05, 3.63) is 18.6 Å². The van der Waals surface area contributed by atoms with E-state index in [1.165, 1.54) is 11.8 Å². The van der Waals surface area contributed by atoms with E-state index in [0.717, 1.165) is 25.2 Å². The summed E-state index contributed by atoms with van der Waals surface area (Å²) in [5, 5.41) is 8.47. The molecule has 1 saturated heterocycles. The van der Waals surface area contributed by atoms with Crippen molar-refractivity contribution in [2.45, 2.75) is 24.2 Å². The summed E-state index contributed by atoms with van der Waals surface area (Å²) < 4.78 is 11.0. The molecule has 0 saturated carbocycles. The third-order valence-corrected chi connectivity index (χ3v) is 3.56. The first-order valence-corrected chi connectivity index (χ1v) is 6.74. The molecule has 0 N–H and O–H groups in total. The van der Waals surface area contributed by atoms with Crippen LogP contribution in [0.4, 0.5) is 0 Å². The van der Waals surface area contributed by atoms with Crippen molar-refractivity contribution in [2.24, 2.45) is 0 Å². The number of hydrogen-bond acceptors (Lipinski definition) is 7. The fourth-order valence-corrected chi connectivity index (χ4v) is 2.55. The van der Waals surface area contributed by atoms with Crippen molar-refractivity contribution in [3.8, 4) is 11.6 Å². The van der Waals surface area contributed by atoms with Crippen molar-refractivity contribution in [1.82, 2.24) is 20.2 Å². The number of nitrogens with zero attached hydrogens (tertiary/aromatic N) is 4. The highest BCUT2D eigenvalue weighted by molar-refractivity contribution is 7.99. The molecule has 0 amide bonds. The van der Waals surface area contributed by atoms with Crippen LogP contribution in [-0.4, -0.2) is 38.6 Å². The minimum absolute atomic E-state index is 0.307. The molecule has 0 aliphatic carbocycles. The lowest BCUT2D eigenvalue weighted by atomic mass is 10.3. The molecule has 2 aromatic rings. The van der Waals surface area contributed by atoms with Crippen LogP contribution in [0.2, 0.25) is 0 Å². The highest BCUT2D eigenvalue weighted by Gasteiger charge is 2.17. The van der Waals surface area contributed by atoms with Crippen molar-refractivity contribution in [2.75, 3.05) is 12.4 Å². The minimum atomic E-state index is 0.307. The van der Waals surface area contributed by atoms with E-state index < -0.39 is 0 Å². The summed E-state index contributed by atoms with van der Waals surface area (Å²) in [7, 11) is 0. The van der Waals surface area contributed by atoms with Gasteiger partial charge in [0.2, 0.25) is 0 Å². The van der Waals surface area contributed by atoms with E-state index >= 15 is 0 Å². The Balaban J connectivity index is 1.63. The fourth-order valence-electron chi connectivity index (χ4n) is 1.72. The highest BCUT2D eigenvalue weighted by atomic mass is 32.2. The topological polar surface area (TPSA) is 73.9 Å². The van der Waals surface area contributed by atoms with E-state index in [4.69, 9.17) is 9.15 Å². The maximum Gasteiger partial charge on any atom is 0.277 e. The quantitative estimate of drug-likeness (QED) is 0.779. The predicted octanol–water partition coefficient (Wildman–Crippen LogP) is 1.80. The first-order valence-electron chi connectivity index (χ1n) is 5.76. The van der Waals surface area contributed by atoms with Gasteiger partial charge in [-0.3, -0.25) is 4.98 Å². The smallest absolute Gasteiger partial charge is 0.277 e. The molecule has 6 nitrogen and oxygen atoms in total. The Morgan fingerprint density at radius 1 is 1.33 bits per heavy atom. The Hall–Kier alpha value is -1.47. The minimum Gasteiger partial charge on any atom is -0.410 e. The fraction of sp³-hybridized carbons (Fsp3) is 0.455. The molecule has 0 spiro atoms. The molecule has 1 atom stereocenters. The predicted molar refractivity (Wildman–Crippen MR) is 65.0 cm³/mol. The van der Waals surface area contributed by atoms with Crippen LogP contribution < -0.4 is 0 Å². The highest BCUT2D eigenvalue weighted by Crippen LogP contribution is 2.24. The molecule has 94 valence electrons. The Bertz CT molecular complexity index is 499. The SMILES string of the molecule is c1cnc(-c2nnc(SCC3CCCO3)o2)cn1. The third kappa shape index (κ3) is 2.68. The molecule has 2 aromatic heterocycles. The van der Waals surface area contributed by atoms with Gasteiger partial charge in [0.1, 0.15) is 5.69 Å². The summed E-state index contributed by atoms with van der Waals surface area (Å²) in [4.78, 5) is 8.07. The Morgan fingerprint density at radius 3 is 3.11 bits per heavy atom. The number of ether oxygens (including phenoxy) is 1. The molecule has 3 rings (SSSR count). The average molecular weight is 264 g/mol. The lowest BCUT2D eigenvalue weighted by molar-refractivity contribution is 0.128. The van der Waals surface area contributed by atoms with Gasteiger partial charge in [0, 0.05) is 24.8 Å². The van der Waals surface area contributed by atoms with E-state index in [-0.39, 0.29) is 0 Å². The van der Waals surface area contributed by atoms with Crippen LogP contribution in [0.5, 0.6) is 0 Å². The summed E-state index contributed by atoms with van der Waals surface area (Å²) in [6.07, 6.45) is 7.35. The van der Waals surface area contributed by atoms with Gasteiger partial charge in [-0.05, 0) is 12.8 Å². The van der Waals surface area contributed by atoms with E-state index in [1.54, 1.807) is 18.6 Å². The Kier molecular flexibility index (Phi) is 3.51. The second kappa shape index (κ2) is 5.45. The van der Waals surface area contributed by atoms with Gasteiger partial charge in [-0.15, -0.1) is 10.2 Å². The number of aromatic nitrogens is 4. The molecular formula is C11H12N4O2S. The largest absolute Gasteiger partial charge is 0.410 e. The van der Waals surface area contributed by atoms with Crippen molar-refractivity contribution >= 4 is 11.8 Å². The molecular weight excluding hydrogens is 252 g/mol. The van der Waals surface area contributed by atoms with Gasteiger partial charge >= 0.3 is 0 Å². The molecule has 0 bridgehead atoms. The van der Waals surface area contributed by atoms with E-state index in [9.17, 15) is 0 Å². The second-order valence-electron chi connectivity index (χ2n) is 3.91. The monoisotopic (exact) mass is 264 g/mol. The van der Waals surface area contributed by atoms with Gasteiger partial charge in [-0.2, -0.15) is 0 Å². The van der Waals surface area contributed by atoms with Gasteiger partial charge < -0.3 is 9.15 Å². The summed E-state index contributed by atoms with van der Waals surface area (Å²) in [5.41, 5.74) is 0.592. The van der Waals surface area contributed by atoms with Crippen LogP contribution in [0.15, 0.2) is 28.2 Å². The summed E-state index contributed by atoms with van der Waals surface area (Å²) >= 11 is 1.52. The van der Waals surface area contributed by atoms with Crippen molar-refractivity contribution < 1.29 is 9.15 Å². The van der Waals surface area contributed by atoms with Crippen molar-refractivity contribution in [1.29, 1.82) is 0 Å². The maximum absolute atomic E-state index is 5.53. The summed E-state index contributed by atoms with van der Waals surface area (Å²) in [5.74, 6) is 1.25. The first kappa shape index (κ1) is 11.6. The molecule has 3 heterocycles. The van der Waals surface area contributed by atoms with E-state index in [2.05, 4.69) is 20.2 Å². The zero-order valence-electron chi connectivity index (χ0n) is 9.65. The van der Waals surface area contributed by atoms with Crippen LogP contribution in [0.1, 0.15) is 12.8 Å². The van der Waals surface area contributed by atoms with Gasteiger partial charge in [-0.1, -0.05) is 11.8 Å². The van der Waals surface area contributed by atoms with Crippen LogP contribution in [0, 0.1) is 0 Å². The average Bonchev–Trinajstić information content (AvgIpc) is 3.09. The molecule has 18 heavy (non-hydrogen) atoms. The van der Waals surface area contributed by atoms with Gasteiger partial charge in [0.15, 0.2) is 0 Å². The van der Waals surface area contributed by atoms with Gasteiger partial charge in [-0.25, -0.2) is 4.98 Å². The molecule has 0 radical (unpaired) electrons. The number of thioether (sulfide) groups is 1. The molecule has 1 fully saturated rings. The number of rotatable bonds is 4. The zero-order valence-corrected chi connectivity index (χ0v) is 10.5.